The van der Waals surface area contributed by atoms with Gasteiger partial charge in [0.25, 0.3) is 0 Å². The highest BCUT2D eigenvalue weighted by Gasteiger charge is 2.33. The normalized spacial score (nSPS) is 21.6. The number of aromatic nitrogens is 2. The van der Waals surface area contributed by atoms with Crippen molar-refractivity contribution in [3.8, 4) is 0 Å². The maximum absolute atomic E-state index is 12.5. The van der Waals surface area contributed by atoms with E-state index in [1.165, 1.54) is 4.90 Å². The Bertz CT molecular complexity index is 1120. The Labute approximate surface area is 199 Å². The second-order valence-electron chi connectivity index (χ2n) is 10.2. The Morgan fingerprint density at radius 1 is 1.24 bits per heavy atom. The molecule has 2 aliphatic rings. The number of anilines is 2. The van der Waals surface area contributed by atoms with Crippen molar-refractivity contribution in [3.05, 3.63) is 18.2 Å². The third-order valence-corrected chi connectivity index (χ3v) is 6.53. The van der Waals surface area contributed by atoms with E-state index in [4.69, 9.17) is 4.74 Å². The van der Waals surface area contributed by atoms with Gasteiger partial charge in [-0.25, -0.2) is 9.59 Å². The molecule has 4 amide bonds. The molecule has 0 unspecified atom stereocenters. The van der Waals surface area contributed by atoms with Gasteiger partial charge in [-0.05, 0) is 58.7 Å². The first kappa shape index (κ1) is 23.8. The summed E-state index contributed by atoms with van der Waals surface area (Å²) < 4.78 is 7.31. The second kappa shape index (κ2) is 8.81. The standard InChI is InChI=1S/C24H34N6O4/c1-15-13-16(27(5)23(33)34-24(2,3)4)9-11-29(15)17-7-8-18-19(14-17)28(6)26-21(18)30-12-10-20(31)25-22(30)32/h7-8,14-16H,9-13H2,1-6H3,(H,25,31,32)/t15-,16+/m0/s1. The largest absolute Gasteiger partial charge is 0.444 e. The number of carbonyl (C=O) groups is 3. The van der Waals surface area contributed by atoms with Gasteiger partial charge in [-0.2, -0.15) is 5.10 Å². The zero-order valence-electron chi connectivity index (χ0n) is 20.8. The molecule has 2 fully saturated rings. The minimum atomic E-state index is -0.514. The monoisotopic (exact) mass is 470 g/mol. The number of piperidine rings is 1. The molecule has 2 saturated heterocycles. The van der Waals surface area contributed by atoms with Crippen molar-refractivity contribution < 1.29 is 19.1 Å². The fourth-order valence-corrected chi connectivity index (χ4v) is 4.74. The third kappa shape index (κ3) is 4.67. The lowest BCUT2D eigenvalue weighted by Crippen LogP contribution is -2.50. The predicted octanol–water partition coefficient (Wildman–Crippen LogP) is 3.24. The molecule has 0 saturated carbocycles. The molecule has 184 valence electrons. The van der Waals surface area contributed by atoms with E-state index in [9.17, 15) is 14.4 Å². The number of nitrogens with one attached hydrogen (secondary N) is 1. The number of urea groups is 1. The molecular formula is C24H34N6O4. The number of carbonyl (C=O) groups excluding carboxylic acids is 3. The van der Waals surface area contributed by atoms with E-state index >= 15 is 0 Å². The number of benzene rings is 1. The van der Waals surface area contributed by atoms with Gasteiger partial charge in [-0.15, -0.1) is 0 Å². The molecular weight excluding hydrogens is 436 g/mol. The van der Waals surface area contributed by atoms with Crippen LogP contribution in [-0.4, -0.2) is 70.5 Å². The van der Waals surface area contributed by atoms with Gasteiger partial charge in [-0.1, -0.05) is 0 Å². The summed E-state index contributed by atoms with van der Waals surface area (Å²) in [6, 6.07) is 6.04. The molecule has 0 aliphatic carbocycles. The highest BCUT2D eigenvalue weighted by atomic mass is 16.6. The summed E-state index contributed by atoms with van der Waals surface area (Å²) in [5, 5.41) is 7.79. The van der Waals surface area contributed by atoms with Crippen LogP contribution < -0.4 is 15.1 Å². The Kier molecular flexibility index (Phi) is 6.18. The summed E-state index contributed by atoms with van der Waals surface area (Å²) in [6.07, 6.45) is 1.65. The Morgan fingerprint density at radius 2 is 1.97 bits per heavy atom. The Hall–Kier alpha value is -3.30. The molecule has 2 aromatic rings. The molecule has 3 heterocycles. The lowest BCUT2D eigenvalue weighted by atomic mass is 9.96. The third-order valence-electron chi connectivity index (χ3n) is 6.53. The summed E-state index contributed by atoms with van der Waals surface area (Å²) in [5.74, 6) is 0.290. The zero-order valence-corrected chi connectivity index (χ0v) is 20.8. The van der Waals surface area contributed by atoms with Gasteiger partial charge < -0.3 is 14.5 Å². The van der Waals surface area contributed by atoms with Crippen LogP contribution >= 0.6 is 0 Å². The average Bonchev–Trinajstić information content (AvgIpc) is 3.07. The fourth-order valence-electron chi connectivity index (χ4n) is 4.74. The number of hydrogen-bond donors (Lipinski definition) is 1. The van der Waals surface area contributed by atoms with Gasteiger partial charge in [-0.3, -0.25) is 19.7 Å². The summed E-state index contributed by atoms with van der Waals surface area (Å²) >= 11 is 0. The molecule has 10 heteroatoms. The molecule has 2 aliphatic heterocycles. The van der Waals surface area contributed by atoms with Crippen molar-refractivity contribution in [2.45, 2.75) is 64.6 Å². The van der Waals surface area contributed by atoms with Crippen LogP contribution in [0, 0.1) is 0 Å². The molecule has 0 radical (unpaired) electrons. The summed E-state index contributed by atoms with van der Waals surface area (Å²) in [4.78, 5) is 41.9. The quantitative estimate of drug-likeness (QED) is 0.739. The summed E-state index contributed by atoms with van der Waals surface area (Å²) in [5.41, 5.74) is 1.47. The van der Waals surface area contributed by atoms with E-state index in [1.807, 2.05) is 40.9 Å². The topological polar surface area (TPSA) is 100 Å². The predicted molar refractivity (Wildman–Crippen MR) is 130 cm³/mol. The summed E-state index contributed by atoms with van der Waals surface area (Å²) in [7, 11) is 3.67. The minimum Gasteiger partial charge on any atom is -0.444 e. The Morgan fingerprint density at radius 3 is 2.62 bits per heavy atom. The molecule has 1 N–H and O–H groups in total. The molecule has 34 heavy (non-hydrogen) atoms. The molecule has 0 bridgehead atoms. The average molecular weight is 471 g/mol. The number of aryl methyl sites for hydroxylation is 1. The second-order valence-corrected chi connectivity index (χ2v) is 10.2. The highest BCUT2D eigenvalue weighted by molar-refractivity contribution is 6.09. The SMILES string of the molecule is C[C@H]1C[C@H](N(C)C(=O)OC(C)(C)C)CCN1c1ccc2c(N3CCC(=O)NC3=O)nn(C)c2c1. The van der Waals surface area contributed by atoms with E-state index in [0.717, 1.165) is 36.0 Å². The van der Waals surface area contributed by atoms with E-state index in [0.29, 0.717) is 12.4 Å². The van der Waals surface area contributed by atoms with Crippen molar-refractivity contribution in [1.82, 2.24) is 20.0 Å². The van der Waals surface area contributed by atoms with E-state index in [1.54, 1.807) is 9.58 Å². The molecule has 0 spiro atoms. The number of rotatable bonds is 3. The van der Waals surface area contributed by atoms with E-state index < -0.39 is 11.6 Å². The van der Waals surface area contributed by atoms with Crippen LogP contribution in [0.1, 0.15) is 47.0 Å². The summed E-state index contributed by atoms with van der Waals surface area (Å²) in [6.45, 7) is 8.92. The van der Waals surface area contributed by atoms with Gasteiger partial charge in [0, 0.05) is 56.8 Å². The van der Waals surface area contributed by atoms with E-state index in [2.05, 4.69) is 34.4 Å². The van der Waals surface area contributed by atoms with Crippen molar-refractivity contribution in [3.63, 3.8) is 0 Å². The van der Waals surface area contributed by atoms with Gasteiger partial charge in [0.1, 0.15) is 5.60 Å². The molecule has 2 atom stereocenters. The van der Waals surface area contributed by atoms with Gasteiger partial charge >= 0.3 is 12.1 Å². The number of imide groups is 1. The van der Waals surface area contributed by atoms with Crippen LogP contribution in [0.5, 0.6) is 0 Å². The van der Waals surface area contributed by atoms with Crippen molar-refractivity contribution in [1.29, 1.82) is 0 Å². The van der Waals surface area contributed by atoms with Crippen LogP contribution in [0.25, 0.3) is 10.9 Å². The smallest absolute Gasteiger partial charge is 0.410 e. The van der Waals surface area contributed by atoms with Gasteiger partial charge in [0.15, 0.2) is 5.82 Å². The highest BCUT2D eigenvalue weighted by Crippen LogP contribution is 2.33. The number of fused-ring (bicyclic) bond motifs is 1. The van der Waals surface area contributed by atoms with Crippen LogP contribution in [0.3, 0.4) is 0 Å². The maximum Gasteiger partial charge on any atom is 0.410 e. The van der Waals surface area contributed by atoms with Crippen molar-refractivity contribution in [2.75, 3.05) is 29.9 Å². The van der Waals surface area contributed by atoms with E-state index in [-0.39, 0.29) is 30.5 Å². The maximum atomic E-state index is 12.5. The molecule has 1 aromatic carbocycles. The fraction of sp³-hybridized carbons (Fsp3) is 0.583. The first-order chi connectivity index (χ1) is 15.9. The molecule has 10 nitrogen and oxygen atoms in total. The van der Waals surface area contributed by atoms with Crippen molar-refractivity contribution in [2.24, 2.45) is 7.05 Å². The number of ether oxygens (including phenoxy) is 1. The molecule has 1 aromatic heterocycles. The van der Waals surface area contributed by atoms with Crippen LogP contribution in [-0.2, 0) is 16.6 Å². The van der Waals surface area contributed by atoms with Crippen molar-refractivity contribution >= 4 is 40.4 Å². The first-order valence-electron chi connectivity index (χ1n) is 11.7. The lowest BCUT2D eigenvalue weighted by Gasteiger charge is -2.42. The number of amides is 4. The van der Waals surface area contributed by atoms with Crippen LogP contribution in [0.4, 0.5) is 21.1 Å². The first-order valence-corrected chi connectivity index (χ1v) is 11.7. The van der Waals surface area contributed by atoms with Crippen LogP contribution in [0.15, 0.2) is 18.2 Å². The van der Waals surface area contributed by atoms with Gasteiger partial charge in [0.05, 0.1) is 5.52 Å². The van der Waals surface area contributed by atoms with Gasteiger partial charge in [0.2, 0.25) is 5.91 Å². The number of nitrogens with zero attached hydrogens (tertiary/aromatic N) is 5. The lowest BCUT2D eigenvalue weighted by molar-refractivity contribution is -0.120. The molecule has 4 rings (SSSR count). The van der Waals surface area contributed by atoms with Crippen LogP contribution in [0.2, 0.25) is 0 Å². The minimum absolute atomic E-state index is 0.119. The zero-order chi connectivity index (χ0) is 24.8. The Balaban J connectivity index is 1.50. The number of hydrogen-bond acceptors (Lipinski definition) is 6.